The molecule has 11 heteroatoms. The minimum Gasteiger partial charge on any atom is -0.381 e. The first-order chi connectivity index (χ1) is 16.9. The molecule has 2 atom stereocenters. The molecule has 2 unspecified atom stereocenters. The van der Waals surface area contributed by atoms with Gasteiger partial charge in [0.05, 0.1) is 22.1 Å². The van der Waals surface area contributed by atoms with Crippen molar-refractivity contribution in [2.45, 2.75) is 63.0 Å². The minimum atomic E-state index is -4.94. The predicted molar refractivity (Wildman–Crippen MR) is 119 cm³/mol. The fraction of sp³-hybridized carbons (Fsp3) is 0.720. The number of benzene rings is 1. The highest BCUT2D eigenvalue weighted by atomic mass is 19.4. The Morgan fingerprint density at radius 2 is 1.69 bits per heavy atom. The summed E-state index contributed by atoms with van der Waals surface area (Å²) < 4.78 is 91.3. The van der Waals surface area contributed by atoms with Gasteiger partial charge in [0.15, 0.2) is 0 Å². The number of methoxy groups -OCH3 is 1. The second-order valence-electron chi connectivity index (χ2n) is 10.3. The molecule has 0 aromatic heterocycles. The molecule has 1 aromatic carbocycles. The van der Waals surface area contributed by atoms with Gasteiger partial charge in [-0.3, -0.25) is 4.79 Å². The average Bonchev–Trinajstić information content (AvgIpc) is 3.53. The fourth-order valence-corrected chi connectivity index (χ4v) is 5.88. The molecule has 3 fully saturated rings. The highest BCUT2D eigenvalue weighted by Crippen LogP contribution is 2.52. The van der Waals surface area contributed by atoms with E-state index < -0.39 is 41.0 Å². The monoisotopic (exact) mass is 522 g/mol. The number of alkyl halides is 6. The maximum Gasteiger partial charge on any atom is 0.416 e. The van der Waals surface area contributed by atoms with Crippen molar-refractivity contribution in [2.75, 3.05) is 33.4 Å². The van der Waals surface area contributed by atoms with Crippen molar-refractivity contribution in [1.82, 2.24) is 10.6 Å². The van der Waals surface area contributed by atoms with Gasteiger partial charge < -0.3 is 20.1 Å². The first-order valence-corrected chi connectivity index (χ1v) is 12.3. The zero-order valence-corrected chi connectivity index (χ0v) is 20.2. The van der Waals surface area contributed by atoms with Gasteiger partial charge in [-0.2, -0.15) is 26.3 Å². The Bertz CT molecular complexity index is 900. The molecule has 1 amide bonds. The van der Waals surface area contributed by atoms with Gasteiger partial charge in [0, 0.05) is 52.2 Å². The van der Waals surface area contributed by atoms with Crippen LogP contribution < -0.4 is 10.6 Å². The number of hydrogen-bond donors (Lipinski definition) is 2. The largest absolute Gasteiger partial charge is 0.416 e. The van der Waals surface area contributed by atoms with Gasteiger partial charge in [0.25, 0.3) is 0 Å². The summed E-state index contributed by atoms with van der Waals surface area (Å²) >= 11 is 0. The Hall–Kier alpha value is -1.85. The second kappa shape index (κ2) is 10.1. The summed E-state index contributed by atoms with van der Waals surface area (Å²) in [5, 5.41) is 5.95. The highest BCUT2D eigenvalue weighted by molar-refractivity contribution is 5.84. The van der Waals surface area contributed by atoms with Crippen LogP contribution in [0.25, 0.3) is 0 Å². The molecule has 1 saturated carbocycles. The van der Waals surface area contributed by atoms with E-state index >= 15 is 0 Å². The Labute approximate surface area is 206 Å². The Morgan fingerprint density at radius 1 is 1.08 bits per heavy atom. The van der Waals surface area contributed by atoms with E-state index in [9.17, 15) is 31.1 Å². The average molecular weight is 523 g/mol. The van der Waals surface area contributed by atoms with E-state index in [1.807, 2.05) is 0 Å². The van der Waals surface area contributed by atoms with E-state index in [-0.39, 0.29) is 23.5 Å². The van der Waals surface area contributed by atoms with E-state index in [2.05, 4.69) is 10.6 Å². The van der Waals surface area contributed by atoms with Crippen molar-refractivity contribution in [1.29, 1.82) is 0 Å². The molecule has 2 heterocycles. The third-order valence-corrected chi connectivity index (χ3v) is 8.05. The molecule has 2 N–H and O–H groups in total. The van der Waals surface area contributed by atoms with Gasteiger partial charge in [-0.25, -0.2) is 0 Å². The maximum atomic E-state index is 13.8. The molecule has 36 heavy (non-hydrogen) atoms. The van der Waals surface area contributed by atoms with Gasteiger partial charge in [-0.15, -0.1) is 0 Å². The van der Waals surface area contributed by atoms with Crippen LogP contribution in [-0.2, 0) is 33.2 Å². The van der Waals surface area contributed by atoms with Gasteiger partial charge >= 0.3 is 12.4 Å². The molecule has 1 aliphatic carbocycles. The van der Waals surface area contributed by atoms with E-state index in [0.29, 0.717) is 63.6 Å². The van der Waals surface area contributed by atoms with Crippen LogP contribution in [0.15, 0.2) is 18.2 Å². The predicted octanol–water partition coefficient (Wildman–Crippen LogP) is 4.93. The van der Waals surface area contributed by atoms with Crippen LogP contribution in [0.2, 0.25) is 0 Å². The summed E-state index contributed by atoms with van der Waals surface area (Å²) in [4.78, 5) is 13.8. The Kier molecular flexibility index (Phi) is 7.65. The lowest BCUT2D eigenvalue weighted by atomic mass is 9.61. The number of amides is 1. The molecule has 1 aromatic rings. The Morgan fingerprint density at radius 3 is 2.17 bits per heavy atom. The van der Waals surface area contributed by atoms with E-state index in [1.165, 1.54) is 0 Å². The van der Waals surface area contributed by atoms with Crippen LogP contribution >= 0.6 is 0 Å². The molecule has 0 spiro atoms. The first kappa shape index (κ1) is 27.2. The fourth-order valence-electron chi connectivity index (χ4n) is 5.88. The Balaban J connectivity index is 1.61. The highest BCUT2D eigenvalue weighted by Gasteiger charge is 2.57. The van der Waals surface area contributed by atoms with E-state index in [0.717, 1.165) is 19.3 Å². The van der Waals surface area contributed by atoms with Crippen molar-refractivity contribution in [2.24, 2.45) is 17.3 Å². The van der Waals surface area contributed by atoms with Crippen LogP contribution in [0.3, 0.4) is 0 Å². The van der Waals surface area contributed by atoms with Crippen molar-refractivity contribution in [3.05, 3.63) is 34.9 Å². The standard InChI is InChI=1S/C25H32F6N2O3/c1-35-23(5-8-36-9-6-23)20(12-16-2-3-16)22(4-7-32-15-22)21(34)33-14-17-10-18(24(26,27)28)13-19(11-17)25(29,30)31/h10-11,13,16,20,32H,2-9,12,14-15H2,1H3,(H,33,34). The zero-order valence-electron chi connectivity index (χ0n) is 20.2. The summed E-state index contributed by atoms with van der Waals surface area (Å²) in [6.45, 7) is 1.53. The van der Waals surface area contributed by atoms with Crippen LogP contribution in [0, 0.1) is 17.3 Å². The molecular weight excluding hydrogens is 490 g/mol. The molecule has 0 bridgehead atoms. The summed E-state index contributed by atoms with van der Waals surface area (Å²) in [5.74, 6) is -0.0476. The van der Waals surface area contributed by atoms with Gasteiger partial charge in [0.1, 0.15) is 0 Å². The van der Waals surface area contributed by atoms with Crippen molar-refractivity contribution >= 4 is 5.91 Å². The van der Waals surface area contributed by atoms with Crippen LogP contribution in [0.4, 0.5) is 26.3 Å². The summed E-state index contributed by atoms with van der Waals surface area (Å²) in [6, 6.07) is 1.41. The lowest BCUT2D eigenvalue weighted by Gasteiger charge is -2.49. The number of carbonyl (C=O) groups is 1. The molecule has 5 nitrogen and oxygen atoms in total. The summed E-state index contributed by atoms with van der Waals surface area (Å²) in [5.41, 5.74) is -4.51. The van der Waals surface area contributed by atoms with Crippen molar-refractivity contribution in [3.8, 4) is 0 Å². The van der Waals surface area contributed by atoms with Crippen molar-refractivity contribution < 1.29 is 40.6 Å². The SMILES string of the molecule is COC1(C(CC2CC2)C2(C(=O)NCc3cc(C(F)(F)F)cc(C(F)(F)F)c3)CCNC2)CCOCC1. The number of nitrogens with one attached hydrogen (secondary N) is 2. The lowest BCUT2D eigenvalue weighted by Crippen LogP contribution is -2.58. The molecule has 3 aliphatic rings. The van der Waals surface area contributed by atoms with Crippen LogP contribution in [-0.4, -0.2) is 44.9 Å². The number of rotatable bonds is 8. The normalized spacial score (nSPS) is 25.5. The quantitative estimate of drug-likeness (QED) is 0.476. The van der Waals surface area contributed by atoms with Gasteiger partial charge in [-0.1, -0.05) is 12.8 Å². The third-order valence-electron chi connectivity index (χ3n) is 8.05. The smallest absolute Gasteiger partial charge is 0.381 e. The number of hydrogen-bond acceptors (Lipinski definition) is 4. The number of carbonyl (C=O) groups excluding carboxylic acids is 1. The lowest BCUT2D eigenvalue weighted by molar-refractivity contribution is -0.168. The molecular formula is C25H32F6N2O3. The van der Waals surface area contributed by atoms with Crippen molar-refractivity contribution in [3.63, 3.8) is 0 Å². The maximum absolute atomic E-state index is 13.8. The van der Waals surface area contributed by atoms with Gasteiger partial charge in [-0.05, 0) is 49.1 Å². The summed E-state index contributed by atoms with van der Waals surface area (Å²) in [7, 11) is 1.64. The van der Waals surface area contributed by atoms with Gasteiger partial charge in [0.2, 0.25) is 5.91 Å². The molecule has 2 aliphatic heterocycles. The van der Waals surface area contributed by atoms with Crippen LogP contribution in [0.1, 0.15) is 55.2 Å². The molecule has 4 rings (SSSR count). The first-order valence-electron chi connectivity index (χ1n) is 12.3. The van der Waals surface area contributed by atoms with Crippen LogP contribution in [0.5, 0.6) is 0 Å². The number of ether oxygens (including phenoxy) is 2. The molecule has 0 radical (unpaired) electrons. The summed E-state index contributed by atoms with van der Waals surface area (Å²) in [6.07, 6.45) is -5.20. The zero-order chi connectivity index (χ0) is 26.2. The second-order valence-corrected chi connectivity index (χ2v) is 10.3. The third kappa shape index (κ3) is 5.67. The molecule has 2 saturated heterocycles. The molecule has 202 valence electrons. The van der Waals surface area contributed by atoms with E-state index in [4.69, 9.17) is 9.47 Å². The topological polar surface area (TPSA) is 59.6 Å². The minimum absolute atomic E-state index is 0.0901. The number of halogens is 6. The van der Waals surface area contributed by atoms with E-state index in [1.54, 1.807) is 7.11 Å².